The highest BCUT2D eigenvalue weighted by Gasteiger charge is 2.35. The number of nitrogens with one attached hydrogen (secondary N) is 3. The molecule has 0 heterocycles. The van der Waals surface area contributed by atoms with Crippen LogP contribution in [0, 0.1) is 5.41 Å². The fourth-order valence-corrected chi connectivity index (χ4v) is 2.99. The average Bonchev–Trinajstić information content (AvgIpc) is 2.64. The second kappa shape index (κ2) is 14.6. The lowest BCUT2D eigenvalue weighted by molar-refractivity contribution is -0.123. The minimum Gasteiger partial charge on any atom is -0.378 e. The van der Waals surface area contributed by atoms with Gasteiger partial charge in [-0.2, -0.15) is 0 Å². The van der Waals surface area contributed by atoms with Gasteiger partial charge in [0.1, 0.15) is 0 Å². The van der Waals surface area contributed by atoms with Crippen LogP contribution < -0.4 is 21.7 Å². The number of ether oxygens (including phenoxy) is 2. The molecule has 0 atom stereocenters. The normalized spacial score (nSPS) is 13.2. The van der Waals surface area contributed by atoms with E-state index in [1.807, 2.05) is 0 Å². The van der Waals surface area contributed by atoms with Gasteiger partial charge in [-0.05, 0) is 41.5 Å². The third-order valence-corrected chi connectivity index (χ3v) is 5.42. The molecule has 0 aliphatic rings. The standard InChI is InChI=1S/C21H41Br3N4O4/c1-18(2,22)11-26-12-21(13-27-16(29)19(3,4)23,14-28-17(30)20(5,6)24)15-32-10-9-31-8-7-25/h26H,7-15,25H2,1-6H3,(H,27,29)(H,28,30). The minimum absolute atomic E-state index is 0.0993. The van der Waals surface area contributed by atoms with E-state index >= 15 is 0 Å². The molecular formula is C21H41Br3N4O4. The van der Waals surface area contributed by atoms with Crippen LogP contribution in [0.3, 0.4) is 0 Å². The number of carbonyl (C=O) groups excluding carboxylic acids is 2. The first-order valence-corrected chi connectivity index (χ1v) is 13.1. The molecule has 0 fully saturated rings. The Hall–Kier alpha value is 0.220. The molecule has 0 aromatic heterocycles. The molecule has 2 amide bonds. The zero-order valence-corrected chi connectivity index (χ0v) is 25.0. The molecule has 5 N–H and O–H groups in total. The topological polar surface area (TPSA) is 115 Å². The predicted octanol–water partition coefficient (Wildman–Crippen LogP) is 2.31. The van der Waals surface area contributed by atoms with Crippen LogP contribution in [0.2, 0.25) is 0 Å². The highest BCUT2D eigenvalue weighted by atomic mass is 79.9. The fraction of sp³-hybridized carbons (Fsp3) is 0.905. The predicted molar refractivity (Wildman–Crippen MR) is 141 cm³/mol. The number of rotatable bonds is 17. The maximum Gasteiger partial charge on any atom is 0.236 e. The molecule has 0 aromatic rings. The maximum absolute atomic E-state index is 12.5. The van der Waals surface area contributed by atoms with E-state index in [2.05, 4.69) is 77.6 Å². The van der Waals surface area contributed by atoms with Crippen molar-refractivity contribution in [2.75, 3.05) is 59.2 Å². The highest BCUT2D eigenvalue weighted by Crippen LogP contribution is 2.22. The summed E-state index contributed by atoms with van der Waals surface area (Å²) >= 11 is 10.4. The van der Waals surface area contributed by atoms with Crippen molar-refractivity contribution in [1.29, 1.82) is 0 Å². The molecule has 0 aliphatic heterocycles. The van der Waals surface area contributed by atoms with Crippen LogP contribution in [-0.2, 0) is 19.1 Å². The van der Waals surface area contributed by atoms with E-state index in [0.29, 0.717) is 59.2 Å². The summed E-state index contributed by atoms with van der Waals surface area (Å²) in [6.45, 7) is 15.2. The number of nitrogens with two attached hydrogens (primary N) is 1. The second-order valence-corrected chi connectivity index (χ2v) is 15.7. The van der Waals surface area contributed by atoms with E-state index in [0.717, 1.165) is 0 Å². The summed E-state index contributed by atoms with van der Waals surface area (Å²) in [7, 11) is 0. The fourth-order valence-electron chi connectivity index (χ4n) is 2.51. The second-order valence-electron chi connectivity index (χ2n) is 9.59. The first-order chi connectivity index (χ1) is 14.5. The van der Waals surface area contributed by atoms with Crippen molar-refractivity contribution in [3.05, 3.63) is 0 Å². The van der Waals surface area contributed by atoms with E-state index < -0.39 is 14.1 Å². The zero-order valence-electron chi connectivity index (χ0n) is 20.2. The molecule has 0 aromatic carbocycles. The summed E-state index contributed by atoms with van der Waals surface area (Å²) in [6, 6.07) is 0. The van der Waals surface area contributed by atoms with Crippen LogP contribution in [0.25, 0.3) is 0 Å². The molecule has 0 aliphatic carbocycles. The average molecular weight is 653 g/mol. The lowest BCUT2D eigenvalue weighted by Crippen LogP contribution is -2.56. The molecule has 190 valence electrons. The molecule has 0 radical (unpaired) electrons. The van der Waals surface area contributed by atoms with Crippen molar-refractivity contribution in [1.82, 2.24) is 16.0 Å². The van der Waals surface area contributed by atoms with Gasteiger partial charge in [-0.1, -0.05) is 47.8 Å². The van der Waals surface area contributed by atoms with Crippen molar-refractivity contribution in [3.8, 4) is 0 Å². The van der Waals surface area contributed by atoms with E-state index in [1.54, 1.807) is 27.7 Å². The molecule has 0 rings (SSSR count). The maximum atomic E-state index is 12.5. The van der Waals surface area contributed by atoms with Gasteiger partial charge in [0.25, 0.3) is 0 Å². The van der Waals surface area contributed by atoms with E-state index in [4.69, 9.17) is 15.2 Å². The molecule has 11 heteroatoms. The number of halogens is 3. The van der Waals surface area contributed by atoms with Gasteiger partial charge < -0.3 is 31.2 Å². The molecule has 0 saturated heterocycles. The molecule has 0 spiro atoms. The van der Waals surface area contributed by atoms with E-state index in [-0.39, 0.29) is 16.1 Å². The first-order valence-electron chi connectivity index (χ1n) is 10.7. The lowest BCUT2D eigenvalue weighted by atomic mass is 9.87. The number of alkyl halides is 3. The Morgan fingerprint density at radius 1 is 0.750 bits per heavy atom. The number of amides is 2. The Balaban J connectivity index is 5.45. The summed E-state index contributed by atoms with van der Waals surface area (Å²) in [5, 5.41) is 9.46. The first kappa shape index (κ1) is 32.2. The molecule has 32 heavy (non-hydrogen) atoms. The van der Waals surface area contributed by atoms with Gasteiger partial charge in [-0.15, -0.1) is 0 Å². The SMILES string of the molecule is CC(C)(Br)CNCC(CNC(=O)C(C)(C)Br)(CNC(=O)C(C)(C)Br)COCCOCCN. The Kier molecular flexibility index (Phi) is 14.7. The number of carbonyl (C=O) groups is 2. The quantitative estimate of drug-likeness (QED) is 0.142. The van der Waals surface area contributed by atoms with Crippen LogP contribution in [0.4, 0.5) is 0 Å². The van der Waals surface area contributed by atoms with Gasteiger partial charge in [0, 0.05) is 42.5 Å². The summed E-state index contributed by atoms with van der Waals surface area (Å²) in [5.74, 6) is -0.276. The van der Waals surface area contributed by atoms with Gasteiger partial charge in [0.05, 0.1) is 35.1 Å². The van der Waals surface area contributed by atoms with Crippen LogP contribution in [0.15, 0.2) is 0 Å². The highest BCUT2D eigenvalue weighted by molar-refractivity contribution is 9.10. The van der Waals surface area contributed by atoms with E-state index in [1.165, 1.54) is 0 Å². The molecule has 0 saturated carbocycles. The van der Waals surface area contributed by atoms with Gasteiger partial charge >= 0.3 is 0 Å². The number of hydrogen-bond acceptors (Lipinski definition) is 6. The van der Waals surface area contributed by atoms with Crippen LogP contribution in [0.1, 0.15) is 41.5 Å². The number of hydrogen-bond donors (Lipinski definition) is 4. The Morgan fingerprint density at radius 2 is 1.22 bits per heavy atom. The van der Waals surface area contributed by atoms with Crippen molar-refractivity contribution in [3.63, 3.8) is 0 Å². The van der Waals surface area contributed by atoms with Crippen molar-refractivity contribution >= 4 is 59.6 Å². The summed E-state index contributed by atoms with van der Waals surface area (Å²) < 4.78 is 9.79. The smallest absolute Gasteiger partial charge is 0.236 e. The van der Waals surface area contributed by atoms with Gasteiger partial charge in [-0.25, -0.2) is 0 Å². The van der Waals surface area contributed by atoms with Gasteiger partial charge in [0.2, 0.25) is 11.8 Å². The molecule has 0 bridgehead atoms. The summed E-state index contributed by atoms with van der Waals surface area (Å²) in [6.07, 6.45) is 0. The third-order valence-electron chi connectivity index (χ3n) is 4.42. The Morgan fingerprint density at radius 3 is 1.62 bits per heavy atom. The van der Waals surface area contributed by atoms with Crippen LogP contribution in [-0.4, -0.2) is 83.9 Å². The summed E-state index contributed by atoms with van der Waals surface area (Å²) in [5.41, 5.74) is 4.87. The Labute approximate surface area is 218 Å². The van der Waals surface area contributed by atoms with Crippen molar-refractivity contribution < 1.29 is 19.1 Å². The lowest BCUT2D eigenvalue weighted by Gasteiger charge is -2.36. The largest absolute Gasteiger partial charge is 0.378 e. The van der Waals surface area contributed by atoms with Crippen molar-refractivity contribution in [2.45, 2.75) is 54.5 Å². The molecular weight excluding hydrogens is 612 g/mol. The monoisotopic (exact) mass is 650 g/mol. The molecule has 8 nitrogen and oxygen atoms in total. The van der Waals surface area contributed by atoms with Gasteiger partial charge in [-0.3, -0.25) is 9.59 Å². The Bertz CT molecular complexity index is 543. The third kappa shape index (κ3) is 15.2. The van der Waals surface area contributed by atoms with Crippen LogP contribution >= 0.6 is 47.8 Å². The van der Waals surface area contributed by atoms with Crippen molar-refractivity contribution in [2.24, 2.45) is 11.1 Å². The zero-order chi connectivity index (χ0) is 25.1. The van der Waals surface area contributed by atoms with E-state index in [9.17, 15) is 9.59 Å². The summed E-state index contributed by atoms with van der Waals surface area (Å²) in [4.78, 5) is 25.1. The van der Waals surface area contributed by atoms with Crippen LogP contribution in [0.5, 0.6) is 0 Å². The molecule has 0 unspecified atom stereocenters. The minimum atomic E-state index is -0.706. The van der Waals surface area contributed by atoms with Gasteiger partial charge in [0.15, 0.2) is 0 Å².